The minimum absolute atomic E-state index is 0.0940. The fourth-order valence-electron chi connectivity index (χ4n) is 5.83. The lowest BCUT2D eigenvalue weighted by molar-refractivity contribution is 0.0920. The Bertz CT molecular complexity index is 1190. The smallest absolute Gasteiger partial charge is 0.270 e. The number of hydrogen-bond donors (Lipinski definition) is 1. The van der Waals surface area contributed by atoms with Crippen LogP contribution in [0.1, 0.15) is 60.1 Å². The molecule has 5 heteroatoms. The van der Waals surface area contributed by atoms with Crippen molar-refractivity contribution in [2.24, 2.45) is 17.8 Å². The summed E-state index contributed by atoms with van der Waals surface area (Å²) in [6, 6.07) is 10.4. The first-order valence-electron chi connectivity index (χ1n) is 11.3. The molecule has 2 heterocycles. The van der Waals surface area contributed by atoms with Gasteiger partial charge in [-0.05, 0) is 98.2 Å². The number of amides is 1. The van der Waals surface area contributed by atoms with Gasteiger partial charge in [-0.15, -0.1) is 6.42 Å². The van der Waals surface area contributed by atoms with Gasteiger partial charge < -0.3 is 5.32 Å². The van der Waals surface area contributed by atoms with Crippen LogP contribution in [0.15, 0.2) is 48.8 Å². The fourth-order valence-corrected chi connectivity index (χ4v) is 5.83. The Kier molecular flexibility index (Phi) is 5.38. The Hall–Kier alpha value is -3.26. The van der Waals surface area contributed by atoms with E-state index in [1.807, 2.05) is 6.20 Å². The van der Waals surface area contributed by atoms with Crippen molar-refractivity contribution in [2.45, 2.75) is 44.6 Å². The first-order valence-corrected chi connectivity index (χ1v) is 11.3. The molecule has 32 heavy (non-hydrogen) atoms. The van der Waals surface area contributed by atoms with Crippen molar-refractivity contribution in [3.63, 3.8) is 0 Å². The van der Waals surface area contributed by atoms with E-state index in [2.05, 4.69) is 34.2 Å². The minimum Gasteiger partial charge on any atom is -0.348 e. The Labute approximate surface area is 187 Å². The molecule has 2 aromatic heterocycles. The average Bonchev–Trinajstić information content (AvgIpc) is 3.38. The van der Waals surface area contributed by atoms with E-state index in [-0.39, 0.29) is 17.8 Å². The van der Waals surface area contributed by atoms with Gasteiger partial charge in [-0.3, -0.25) is 9.78 Å². The van der Waals surface area contributed by atoms with E-state index in [9.17, 15) is 9.18 Å². The first-order chi connectivity index (χ1) is 15.5. The number of carbonyl (C=O) groups excluding carboxylic acids is 1. The van der Waals surface area contributed by atoms with Gasteiger partial charge in [0.1, 0.15) is 11.5 Å². The molecule has 1 N–H and O–H groups in total. The standard InChI is InChI=1S/C27H26FN3O/c1-3-17-4-6-26(30-15-17)27(32)31-16(2)18-10-19-12-21(13-20(19)11-18)23-8-9-29-25-7-5-22(28)14-24(23)25/h1,4-9,14-16,18-21H,10-13H2,2H3,(H,31,32)/t16?,18?,19-,20?,21?/m0/s1. The van der Waals surface area contributed by atoms with Crippen molar-refractivity contribution in [1.82, 2.24) is 15.3 Å². The van der Waals surface area contributed by atoms with E-state index in [1.165, 1.54) is 11.6 Å². The van der Waals surface area contributed by atoms with Crippen LogP contribution in [-0.2, 0) is 0 Å². The number of rotatable bonds is 4. The van der Waals surface area contributed by atoms with Crippen LogP contribution < -0.4 is 5.32 Å². The quantitative estimate of drug-likeness (QED) is 0.590. The topological polar surface area (TPSA) is 54.9 Å². The zero-order valence-electron chi connectivity index (χ0n) is 18.1. The van der Waals surface area contributed by atoms with Crippen molar-refractivity contribution >= 4 is 16.8 Å². The van der Waals surface area contributed by atoms with Crippen molar-refractivity contribution in [3.05, 3.63) is 71.4 Å². The van der Waals surface area contributed by atoms with Gasteiger partial charge >= 0.3 is 0 Å². The fraction of sp³-hybridized carbons (Fsp3) is 0.370. The number of terminal acetylenes is 1. The normalized spacial score (nSPS) is 25.3. The Morgan fingerprint density at radius 3 is 2.59 bits per heavy atom. The molecule has 3 aromatic rings. The van der Waals surface area contributed by atoms with E-state index in [0.717, 1.165) is 36.6 Å². The SMILES string of the molecule is C#Cc1ccc(C(=O)NC(C)C2CC3CC(c4ccnc5ccc(F)cc45)C[C@@H]3C2)nc1. The van der Waals surface area contributed by atoms with E-state index in [0.29, 0.717) is 34.9 Å². The van der Waals surface area contributed by atoms with Crippen LogP contribution in [0.3, 0.4) is 0 Å². The van der Waals surface area contributed by atoms with Gasteiger partial charge in [0.15, 0.2) is 0 Å². The largest absolute Gasteiger partial charge is 0.348 e. The third kappa shape index (κ3) is 3.86. The Morgan fingerprint density at radius 2 is 1.91 bits per heavy atom. The van der Waals surface area contributed by atoms with Gasteiger partial charge in [0.25, 0.3) is 5.91 Å². The second kappa shape index (κ2) is 8.35. The molecule has 0 aliphatic heterocycles. The average molecular weight is 428 g/mol. The van der Waals surface area contributed by atoms with Crippen LogP contribution in [-0.4, -0.2) is 21.9 Å². The number of halogens is 1. The summed E-state index contributed by atoms with van der Waals surface area (Å²) in [5.41, 5.74) is 3.14. The summed E-state index contributed by atoms with van der Waals surface area (Å²) in [6.45, 7) is 2.09. The number of nitrogens with zero attached hydrogens (tertiary/aromatic N) is 2. The number of pyridine rings is 2. The molecular formula is C27H26FN3O. The molecule has 162 valence electrons. The molecule has 0 spiro atoms. The van der Waals surface area contributed by atoms with Crippen LogP contribution in [0.2, 0.25) is 0 Å². The van der Waals surface area contributed by atoms with Gasteiger partial charge in [-0.25, -0.2) is 9.37 Å². The molecule has 0 radical (unpaired) electrons. The summed E-state index contributed by atoms with van der Waals surface area (Å²) in [5, 5.41) is 4.08. The molecule has 5 rings (SSSR count). The van der Waals surface area contributed by atoms with Gasteiger partial charge in [-0.1, -0.05) is 5.92 Å². The summed E-state index contributed by atoms with van der Waals surface area (Å²) in [5.74, 6) is 4.36. The molecule has 1 amide bonds. The number of carbonyl (C=O) groups is 1. The summed E-state index contributed by atoms with van der Waals surface area (Å²) in [7, 11) is 0. The summed E-state index contributed by atoms with van der Waals surface area (Å²) >= 11 is 0. The van der Waals surface area contributed by atoms with E-state index >= 15 is 0 Å². The number of hydrogen-bond acceptors (Lipinski definition) is 3. The maximum absolute atomic E-state index is 13.9. The molecule has 5 atom stereocenters. The maximum atomic E-state index is 13.9. The minimum atomic E-state index is -0.210. The van der Waals surface area contributed by atoms with Crippen LogP contribution in [0.25, 0.3) is 10.9 Å². The second-order valence-corrected chi connectivity index (χ2v) is 9.32. The van der Waals surface area contributed by atoms with E-state index in [1.54, 1.807) is 30.5 Å². The number of benzene rings is 1. The summed E-state index contributed by atoms with van der Waals surface area (Å²) in [6.07, 6.45) is 13.2. The van der Waals surface area contributed by atoms with Crippen LogP contribution in [0.4, 0.5) is 4.39 Å². The van der Waals surface area contributed by atoms with Gasteiger partial charge in [0.05, 0.1) is 5.52 Å². The van der Waals surface area contributed by atoms with Gasteiger partial charge in [0, 0.05) is 29.4 Å². The van der Waals surface area contributed by atoms with Crippen LogP contribution >= 0.6 is 0 Å². The molecule has 4 nitrogen and oxygen atoms in total. The summed E-state index contributed by atoms with van der Waals surface area (Å²) in [4.78, 5) is 21.2. The van der Waals surface area contributed by atoms with E-state index < -0.39 is 0 Å². The highest BCUT2D eigenvalue weighted by molar-refractivity contribution is 5.92. The second-order valence-electron chi connectivity index (χ2n) is 9.32. The van der Waals surface area contributed by atoms with Crippen molar-refractivity contribution in [3.8, 4) is 12.3 Å². The molecular weight excluding hydrogens is 401 g/mol. The van der Waals surface area contributed by atoms with Crippen molar-refractivity contribution in [2.75, 3.05) is 0 Å². The van der Waals surface area contributed by atoms with Crippen LogP contribution in [0.5, 0.6) is 0 Å². The lowest BCUT2D eigenvalue weighted by atomic mass is 9.88. The number of fused-ring (bicyclic) bond motifs is 2. The third-order valence-electron chi connectivity index (χ3n) is 7.46. The number of nitrogens with one attached hydrogen (secondary N) is 1. The lowest BCUT2D eigenvalue weighted by Gasteiger charge is -2.23. The van der Waals surface area contributed by atoms with Crippen molar-refractivity contribution < 1.29 is 9.18 Å². The first kappa shape index (κ1) is 20.6. The molecule has 0 saturated heterocycles. The summed E-state index contributed by atoms with van der Waals surface area (Å²) < 4.78 is 13.9. The third-order valence-corrected chi connectivity index (χ3v) is 7.46. The zero-order valence-corrected chi connectivity index (χ0v) is 18.1. The van der Waals surface area contributed by atoms with Gasteiger partial charge in [-0.2, -0.15) is 0 Å². The highest BCUT2D eigenvalue weighted by Gasteiger charge is 2.44. The highest BCUT2D eigenvalue weighted by Crippen LogP contribution is 2.53. The van der Waals surface area contributed by atoms with Crippen LogP contribution in [0, 0.1) is 35.9 Å². The molecule has 2 aliphatic rings. The lowest BCUT2D eigenvalue weighted by Crippen LogP contribution is -2.37. The predicted octanol–water partition coefficient (Wildman–Crippen LogP) is 5.09. The van der Waals surface area contributed by atoms with Crippen molar-refractivity contribution in [1.29, 1.82) is 0 Å². The van der Waals surface area contributed by atoms with Gasteiger partial charge in [0.2, 0.25) is 0 Å². The molecule has 0 bridgehead atoms. The molecule has 2 fully saturated rings. The monoisotopic (exact) mass is 427 g/mol. The molecule has 2 aliphatic carbocycles. The molecule has 4 unspecified atom stereocenters. The zero-order chi connectivity index (χ0) is 22.2. The molecule has 2 saturated carbocycles. The Balaban J connectivity index is 1.23. The molecule has 1 aromatic carbocycles. The highest BCUT2D eigenvalue weighted by atomic mass is 19.1. The Morgan fingerprint density at radius 1 is 1.12 bits per heavy atom. The maximum Gasteiger partial charge on any atom is 0.270 e. The number of aromatic nitrogens is 2. The van der Waals surface area contributed by atoms with E-state index in [4.69, 9.17) is 6.42 Å². The predicted molar refractivity (Wildman–Crippen MR) is 122 cm³/mol.